The van der Waals surface area contributed by atoms with Gasteiger partial charge >= 0.3 is 0 Å². The number of fused-ring (bicyclic) bond motifs is 2. The van der Waals surface area contributed by atoms with Crippen molar-refractivity contribution in [2.24, 2.45) is 0 Å². The Kier molecular flexibility index (Phi) is 5.00. The predicted molar refractivity (Wildman–Crippen MR) is 109 cm³/mol. The summed E-state index contributed by atoms with van der Waals surface area (Å²) in [5, 5.41) is 29.7. The van der Waals surface area contributed by atoms with Crippen LogP contribution in [0.2, 0.25) is 0 Å². The molecule has 1 aromatic carbocycles. The Morgan fingerprint density at radius 1 is 1.03 bits per heavy atom. The van der Waals surface area contributed by atoms with Gasteiger partial charge in [0.1, 0.15) is 11.9 Å². The molecule has 4 atom stereocenters. The lowest BCUT2D eigenvalue weighted by Gasteiger charge is -2.42. The lowest BCUT2D eigenvalue weighted by atomic mass is 9.84. The summed E-state index contributed by atoms with van der Waals surface area (Å²) in [5.41, 5.74) is 2.75. The molecule has 0 spiro atoms. The van der Waals surface area contributed by atoms with Gasteiger partial charge in [0.15, 0.2) is 6.17 Å². The quantitative estimate of drug-likeness (QED) is 0.685. The minimum absolute atomic E-state index is 0.0854. The molecule has 2 fully saturated rings. The monoisotopic (exact) mass is 407 g/mol. The van der Waals surface area contributed by atoms with Crippen LogP contribution in [0, 0.1) is 0 Å². The van der Waals surface area contributed by atoms with Crippen LogP contribution in [0.1, 0.15) is 25.7 Å². The number of benzene rings is 1. The van der Waals surface area contributed by atoms with Crippen molar-refractivity contribution in [1.82, 2.24) is 25.7 Å². The molecule has 4 heterocycles. The topological polar surface area (TPSA) is 93.1 Å². The first-order valence-electron chi connectivity index (χ1n) is 10.2. The summed E-state index contributed by atoms with van der Waals surface area (Å²) >= 11 is 0. The van der Waals surface area contributed by atoms with Crippen molar-refractivity contribution < 1.29 is 14.2 Å². The molecule has 0 saturated carbocycles. The van der Waals surface area contributed by atoms with Crippen LogP contribution in [0.15, 0.2) is 48.8 Å². The number of halogens is 1. The number of hydrogen-bond donors (Lipinski definition) is 2. The van der Waals surface area contributed by atoms with E-state index in [-0.39, 0.29) is 11.8 Å². The molecule has 3 aromatic rings. The van der Waals surface area contributed by atoms with Crippen LogP contribution in [-0.4, -0.2) is 49.9 Å². The number of phenolic OH excluding ortho intramolecular Hbond substituents is 1. The maximum Gasteiger partial charge on any atom is 0.233 e. The van der Waals surface area contributed by atoms with Gasteiger partial charge in [0.2, 0.25) is 5.88 Å². The number of hydrogen-bond acceptors (Lipinski definition) is 7. The molecule has 2 saturated heterocycles. The van der Waals surface area contributed by atoms with Gasteiger partial charge in [-0.1, -0.05) is 12.5 Å². The van der Waals surface area contributed by atoms with Gasteiger partial charge in [-0.05, 0) is 42.7 Å². The van der Waals surface area contributed by atoms with Crippen molar-refractivity contribution in [3.63, 3.8) is 0 Å². The molecule has 0 radical (unpaired) electrons. The van der Waals surface area contributed by atoms with Crippen molar-refractivity contribution in [3.8, 4) is 34.0 Å². The van der Waals surface area contributed by atoms with E-state index >= 15 is 0 Å². The van der Waals surface area contributed by atoms with E-state index in [1.807, 2.05) is 12.1 Å². The van der Waals surface area contributed by atoms with Gasteiger partial charge in [0.05, 0.1) is 18.1 Å². The van der Waals surface area contributed by atoms with Gasteiger partial charge in [0.25, 0.3) is 0 Å². The molecule has 8 heteroatoms. The first-order valence-corrected chi connectivity index (χ1v) is 10.2. The van der Waals surface area contributed by atoms with Crippen molar-refractivity contribution in [2.45, 2.75) is 50.0 Å². The minimum Gasteiger partial charge on any atom is -0.507 e. The molecule has 2 aliphatic heterocycles. The average molecular weight is 407 g/mol. The maximum absolute atomic E-state index is 14.7. The van der Waals surface area contributed by atoms with Crippen LogP contribution in [0.4, 0.5) is 4.39 Å². The number of piperidine rings is 2. The highest BCUT2D eigenvalue weighted by Crippen LogP contribution is 2.33. The maximum atomic E-state index is 14.7. The molecule has 5 rings (SSSR count). The van der Waals surface area contributed by atoms with E-state index in [9.17, 15) is 9.50 Å². The van der Waals surface area contributed by atoms with Crippen LogP contribution < -0.4 is 10.1 Å². The highest BCUT2D eigenvalue weighted by molar-refractivity contribution is 5.73. The third-order valence-electron chi connectivity index (χ3n) is 5.88. The number of rotatable bonds is 4. The van der Waals surface area contributed by atoms with Gasteiger partial charge in [-0.2, -0.15) is 10.2 Å². The van der Waals surface area contributed by atoms with E-state index in [4.69, 9.17) is 4.74 Å². The molecule has 0 amide bonds. The molecule has 7 nitrogen and oxygen atoms in total. The highest BCUT2D eigenvalue weighted by atomic mass is 19.1. The van der Waals surface area contributed by atoms with E-state index in [0.717, 1.165) is 30.4 Å². The Hall–Kier alpha value is -3.13. The first kappa shape index (κ1) is 18.9. The minimum atomic E-state index is -1.05. The van der Waals surface area contributed by atoms with Crippen molar-refractivity contribution in [3.05, 3.63) is 48.8 Å². The fraction of sp³-hybridized carbons (Fsp3) is 0.364. The first-order chi connectivity index (χ1) is 14.7. The Morgan fingerprint density at radius 2 is 1.97 bits per heavy atom. The zero-order valence-corrected chi connectivity index (χ0v) is 16.3. The summed E-state index contributed by atoms with van der Waals surface area (Å²) in [6.07, 6.45) is 5.25. The van der Waals surface area contributed by atoms with Gasteiger partial charge in [-0.15, -0.1) is 10.2 Å². The largest absolute Gasteiger partial charge is 0.507 e. The third kappa shape index (κ3) is 3.70. The lowest BCUT2D eigenvalue weighted by molar-refractivity contribution is 0.00652. The predicted octanol–water partition coefficient (Wildman–Crippen LogP) is 3.31. The molecule has 2 N–H and O–H groups in total. The van der Waals surface area contributed by atoms with E-state index in [0.29, 0.717) is 29.6 Å². The van der Waals surface area contributed by atoms with E-state index < -0.39 is 12.3 Å². The Labute approximate surface area is 173 Å². The Bertz CT molecular complexity index is 1020. The van der Waals surface area contributed by atoms with E-state index in [2.05, 4.69) is 25.7 Å². The molecule has 154 valence electrons. The molecular formula is C22H22FN5O2. The second-order valence-electron chi connectivity index (χ2n) is 7.86. The van der Waals surface area contributed by atoms with Crippen molar-refractivity contribution >= 4 is 0 Å². The van der Waals surface area contributed by atoms with Crippen molar-refractivity contribution in [1.29, 1.82) is 0 Å². The highest BCUT2D eigenvalue weighted by Gasteiger charge is 2.41. The Balaban J connectivity index is 1.31. The van der Waals surface area contributed by atoms with Crippen LogP contribution >= 0.6 is 0 Å². The summed E-state index contributed by atoms with van der Waals surface area (Å²) in [7, 11) is 0. The molecule has 30 heavy (non-hydrogen) atoms. The summed E-state index contributed by atoms with van der Waals surface area (Å²) in [5.74, 6) is 0.382. The van der Waals surface area contributed by atoms with Crippen LogP contribution in [0.25, 0.3) is 22.4 Å². The smallest absolute Gasteiger partial charge is 0.233 e. The number of nitrogens with one attached hydrogen (secondary N) is 1. The number of phenols is 1. The standard InChI is InChI=1S/C22H22FN5O2/c23-22-18-3-1-2-15(26-18)11-20(22)30-21-7-6-17(27-28-21)16-5-4-13(10-19(16)29)14-8-9-24-25-12-14/h4-10,12,15,18,20,22,26,29H,1-3,11H2/t15-,18+,20-,22+/m1/s1. The number of aromatic nitrogens is 4. The SMILES string of the molecule is Oc1cc(-c2ccnnc2)ccc1-c1ccc(O[C@@H]2C[C@H]3CCC[C@H](N3)[C@@H]2F)nn1. The van der Waals surface area contributed by atoms with Crippen LogP contribution in [0.3, 0.4) is 0 Å². The normalized spacial score (nSPS) is 25.6. The summed E-state index contributed by atoms with van der Waals surface area (Å²) in [6.45, 7) is 0. The molecule has 2 aromatic heterocycles. The number of alkyl halides is 1. The van der Waals surface area contributed by atoms with E-state index in [1.165, 1.54) is 0 Å². The molecule has 0 aliphatic carbocycles. The van der Waals surface area contributed by atoms with Gasteiger partial charge in [-0.25, -0.2) is 4.39 Å². The van der Waals surface area contributed by atoms with Gasteiger partial charge in [-0.3, -0.25) is 0 Å². The van der Waals surface area contributed by atoms with Crippen molar-refractivity contribution in [2.75, 3.05) is 0 Å². The average Bonchev–Trinajstić information content (AvgIpc) is 2.79. The van der Waals surface area contributed by atoms with Gasteiger partial charge < -0.3 is 15.2 Å². The summed E-state index contributed by atoms with van der Waals surface area (Å²) in [4.78, 5) is 0. The number of nitrogens with zero attached hydrogens (tertiary/aromatic N) is 4. The molecule has 2 bridgehead atoms. The number of aromatic hydroxyl groups is 1. The van der Waals surface area contributed by atoms with Crippen LogP contribution in [-0.2, 0) is 0 Å². The second-order valence-corrected chi connectivity index (χ2v) is 7.86. The molecule has 2 aliphatic rings. The Morgan fingerprint density at radius 3 is 2.73 bits per heavy atom. The van der Waals surface area contributed by atoms with Crippen LogP contribution in [0.5, 0.6) is 11.6 Å². The second kappa shape index (κ2) is 7.95. The molecular weight excluding hydrogens is 385 g/mol. The van der Waals surface area contributed by atoms with E-state index in [1.54, 1.807) is 36.7 Å². The lowest BCUT2D eigenvalue weighted by Crippen LogP contribution is -2.59. The number of ether oxygens (including phenoxy) is 1. The third-order valence-corrected chi connectivity index (χ3v) is 5.88. The van der Waals surface area contributed by atoms with Gasteiger partial charge in [0, 0.05) is 35.7 Å². The summed E-state index contributed by atoms with van der Waals surface area (Å²) in [6, 6.07) is 10.7. The zero-order chi connectivity index (χ0) is 20.5. The fourth-order valence-corrected chi connectivity index (χ4v) is 4.34. The molecule has 0 unspecified atom stereocenters. The summed E-state index contributed by atoms with van der Waals surface area (Å²) < 4.78 is 20.5. The fourth-order valence-electron chi connectivity index (χ4n) is 4.34. The zero-order valence-electron chi connectivity index (χ0n) is 16.3.